The fraction of sp³-hybridized carbons (Fsp3) is 0.562. The van der Waals surface area contributed by atoms with Crippen LogP contribution in [0.5, 0.6) is 5.75 Å². The first kappa shape index (κ1) is 13.4. The monoisotopic (exact) mass is 274 g/mol. The molecule has 1 atom stereocenters. The van der Waals surface area contributed by atoms with Crippen LogP contribution < -0.4 is 15.4 Å². The molecule has 4 heteroatoms. The van der Waals surface area contributed by atoms with Crippen LogP contribution in [0.4, 0.5) is 0 Å². The molecule has 1 saturated heterocycles. The zero-order valence-electron chi connectivity index (χ0n) is 11.9. The van der Waals surface area contributed by atoms with E-state index in [1.807, 2.05) is 6.07 Å². The second-order valence-electron chi connectivity index (χ2n) is 5.85. The van der Waals surface area contributed by atoms with Gasteiger partial charge in [-0.15, -0.1) is 0 Å². The maximum absolute atomic E-state index is 11.1. The largest absolute Gasteiger partial charge is 0.497 e. The highest BCUT2D eigenvalue weighted by atomic mass is 16.5. The van der Waals surface area contributed by atoms with E-state index < -0.39 is 0 Å². The van der Waals surface area contributed by atoms with Crippen LogP contribution in [0.1, 0.15) is 37.2 Å². The number of hydrogen-bond acceptors (Lipinski definition) is 3. The Bertz CT molecular complexity index is 483. The van der Waals surface area contributed by atoms with Crippen molar-refractivity contribution in [3.63, 3.8) is 0 Å². The molecule has 0 bridgehead atoms. The summed E-state index contributed by atoms with van der Waals surface area (Å²) in [5, 5.41) is 6.56. The first-order valence-electron chi connectivity index (χ1n) is 7.41. The zero-order valence-corrected chi connectivity index (χ0v) is 11.9. The first-order valence-corrected chi connectivity index (χ1v) is 7.41. The standard InChI is InChI=1S/C16H22N2O2/c1-20-15-4-2-3-11(9-15)12-7-14(8-12)17-10-13-5-6-16(19)18-13/h2-4,9,12-14,17H,5-8,10H2,1H3,(H,18,19). The van der Waals surface area contributed by atoms with Gasteiger partial charge in [0.05, 0.1) is 7.11 Å². The quantitative estimate of drug-likeness (QED) is 0.861. The molecule has 1 unspecified atom stereocenters. The molecule has 0 aromatic heterocycles. The predicted molar refractivity (Wildman–Crippen MR) is 77.9 cm³/mol. The predicted octanol–water partition coefficient (Wildman–Crippen LogP) is 1.81. The lowest BCUT2D eigenvalue weighted by Crippen LogP contribution is -2.45. The van der Waals surface area contributed by atoms with Crippen LogP contribution in [0.2, 0.25) is 0 Å². The topological polar surface area (TPSA) is 50.4 Å². The number of benzene rings is 1. The molecule has 1 aliphatic heterocycles. The molecule has 1 aliphatic carbocycles. The molecular formula is C16H22N2O2. The maximum Gasteiger partial charge on any atom is 0.220 e. The Balaban J connectivity index is 1.43. The molecule has 2 aliphatic rings. The lowest BCUT2D eigenvalue weighted by Gasteiger charge is -2.37. The van der Waals surface area contributed by atoms with Crippen LogP contribution in [0.25, 0.3) is 0 Å². The normalized spacial score (nSPS) is 28.9. The molecule has 3 rings (SSSR count). The minimum absolute atomic E-state index is 0.194. The number of hydrogen-bond donors (Lipinski definition) is 2. The number of carbonyl (C=O) groups is 1. The van der Waals surface area contributed by atoms with E-state index >= 15 is 0 Å². The van der Waals surface area contributed by atoms with Crippen LogP contribution in [0.15, 0.2) is 24.3 Å². The van der Waals surface area contributed by atoms with Gasteiger partial charge >= 0.3 is 0 Å². The molecule has 1 saturated carbocycles. The number of rotatable bonds is 5. The molecule has 1 aromatic carbocycles. The number of nitrogens with one attached hydrogen (secondary N) is 2. The van der Waals surface area contributed by atoms with E-state index in [9.17, 15) is 4.79 Å². The molecule has 4 nitrogen and oxygen atoms in total. The third-order valence-corrected chi connectivity index (χ3v) is 4.44. The van der Waals surface area contributed by atoms with Crippen molar-refractivity contribution in [2.75, 3.05) is 13.7 Å². The van der Waals surface area contributed by atoms with E-state index in [0.29, 0.717) is 24.4 Å². The van der Waals surface area contributed by atoms with Gasteiger partial charge in [0.25, 0.3) is 0 Å². The summed E-state index contributed by atoms with van der Waals surface area (Å²) < 4.78 is 5.27. The van der Waals surface area contributed by atoms with Gasteiger partial charge in [0.2, 0.25) is 5.91 Å². The smallest absolute Gasteiger partial charge is 0.220 e. The number of carbonyl (C=O) groups excluding carboxylic acids is 1. The minimum Gasteiger partial charge on any atom is -0.497 e. The summed E-state index contributed by atoms with van der Waals surface area (Å²) in [5.41, 5.74) is 1.37. The van der Waals surface area contributed by atoms with Gasteiger partial charge in [-0.3, -0.25) is 4.79 Å². The lowest BCUT2D eigenvalue weighted by molar-refractivity contribution is -0.119. The molecule has 1 heterocycles. The Morgan fingerprint density at radius 2 is 2.25 bits per heavy atom. The highest BCUT2D eigenvalue weighted by Gasteiger charge is 2.31. The summed E-state index contributed by atoms with van der Waals surface area (Å²) in [6, 6.07) is 9.28. The summed E-state index contributed by atoms with van der Waals surface area (Å²) in [6.07, 6.45) is 4.00. The second-order valence-corrected chi connectivity index (χ2v) is 5.85. The highest BCUT2D eigenvalue weighted by molar-refractivity contribution is 5.78. The maximum atomic E-state index is 11.1. The van der Waals surface area contributed by atoms with Crippen molar-refractivity contribution in [2.45, 2.75) is 43.7 Å². The fourth-order valence-corrected chi connectivity index (χ4v) is 3.09. The Kier molecular flexibility index (Phi) is 3.92. The number of amides is 1. The summed E-state index contributed by atoms with van der Waals surface area (Å²) in [4.78, 5) is 11.1. The molecular weight excluding hydrogens is 252 g/mol. The summed E-state index contributed by atoms with van der Waals surface area (Å²) in [7, 11) is 1.71. The summed E-state index contributed by atoms with van der Waals surface area (Å²) in [6.45, 7) is 0.904. The van der Waals surface area contributed by atoms with E-state index in [2.05, 4.69) is 28.8 Å². The number of methoxy groups -OCH3 is 1. The minimum atomic E-state index is 0.194. The molecule has 2 N–H and O–H groups in total. The average Bonchev–Trinajstić information content (AvgIpc) is 2.83. The van der Waals surface area contributed by atoms with E-state index in [0.717, 1.165) is 18.7 Å². The average molecular weight is 274 g/mol. The van der Waals surface area contributed by atoms with Gasteiger partial charge in [-0.1, -0.05) is 12.1 Å². The van der Waals surface area contributed by atoms with Crippen molar-refractivity contribution < 1.29 is 9.53 Å². The fourth-order valence-electron chi connectivity index (χ4n) is 3.09. The van der Waals surface area contributed by atoms with Crippen molar-refractivity contribution in [3.8, 4) is 5.75 Å². The highest BCUT2D eigenvalue weighted by Crippen LogP contribution is 2.37. The molecule has 0 radical (unpaired) electrons. The van der Waals surface area contributed by atoms with Gasteiger partial charge in [0, 0.05) is 25.0 Å². The van der Waals surface area contributed by atoms with E-state index in [1.165, 1.54) is 18.4 Å². The Morgan fingerprint density at radius 3 is 2.95 bits per heavy atom. The molecule has 1 aromatic rings. The SMILES string of the molecule is COc1cccc(C2CC(NCC3CCC(=O)N3)C2)c1. The second kappa shape index (κ2) is 5.83. The van der Waals surface area contributed by atoms with Crippen molar-refractivity contribution in [3.05, 3.63) is 29.8 Å². The van der Waals surface area contributed by atoms with Gasteiger partial charge in [-0.25, -0.2) is 0 Å². The lowest BCUT2D eigenvalue weighted by atomic mass is 9.76. The summed E-state index contributed by atoms with van der Waals surface area (Å²) in [5.74, 6) is 1.77. The van der Waals surface area contributed by atoms with Crippen molar-refractivity contribution in [1.82, 2.24) is 10.6 Å². The van der Waals surface area contributed by atoms with Gasteiger partial charge in [-0.05, 0) is 42.9 Å². The van der Waals surface area contributed by atoms with Crippen molar-refractivity contribution >= 4 is 5.91 Å². The summed E-state index contributed by atoms with van der Waals surface area (Å²) >= 11 is 0. The van der Waals surface area contributed by atoms with Gasteiger partial charge in [0.15, 0.2) is 0 Å². The van der Waals surface area contributed by atoms with Gasteiger partial charge in [0.1, 0.15) is 5.75 Å². The van der Waals surface area contributed by atoms with Gasteiger partial charge < -0.3 is 15.4 Å². The van der Waals surface area contributed by atoms with Crippen LogP contribution in [-0.2, 0) is 4.79 Å². The van der Waals surface area contributed by atoms with Crippen LogP contribution >= 0.6 is 0 Å². The van der Waals surface area contributed by atoms with Crippen LogP contribution in [0.3, 0.4) is 0 Å². The Hall–Kier alpha value is -1.55. The van der Waals surface area contributed by atoms with Crippen molar-refractivity contribution in [2.24, 2.45) is 0 Å². The zero-order chi connectivity index (χ0) is 13.9. The molecule has 0 spiro atoms. The Morgan fingerprint density at radius 1 is 1.40 bits per heavy atom. The number of ether oxygens (including phenoxy) is 1. The molecule has 108 valence electrons. The molecule has 1 amide bonds. The van der Waals surface area contributed by atoms with Gasteiger partial charge in [-0.2, -0.15) is 0 Å². The third kappa shape index (κ3) is 2.96. The van der Waals surface area contributed by atoms with E-state index in [-0.39, 0.29) is 5.91 Å². The molecule has 20 heavy (non-hydrogen) atoms. The van der Waals surface area contributed by atoms with E-state index in [1.54, 1.807) is 7.11 Å². The van der Waals surface area contributed by atoms with Crippen LogP contribution in [0, 0.1) is 0 Å². The van der Waals surface area contributed by atoms with E-state index in [4.69, 9.17) is 4.74 Å². The first-order chi connectivity index (χ1) is 9.74. The van der Waals surface area contributed by atoms with Crippen molar-refractivity contribution in [1.29, 1.82) is 0 Å². The third-order valence-electron chi connectivity index (χ3n) is 4.44. The Labute approximate surface area is 119 Å². The van der Waals surface area contributed by atoms with Crippen LogP contribution in [-0.4, -0.2) is 31.6 Å². The molecule has 2 fully saturated rings.